The largest absolute Gasteiger partial charge is 0.491 e. The van der Waals surface area contributed by atoms with E-state index >= 15 is 0 Å². The van der Waals surface area contributed by atoms with Crippen LogP contribution in [0.25, 0.3) is 6.08 Å². The van der Waals surface area contributed by atoms with E-state index in [4.69, 9.17) is 21.1 Å². The Balaban J connectivity index is 2.02. The van der Waals surface area contributed by atoms with Gasteiger partial charge in [-0.1, -0.05) is 25.4 Å². The summed E-state index contributed by atoms with van der Waals surface area (Å²) >= 11 is 6.23. The molecule has 2 amide bonds. The zero-order valence-corrected chi connectivity index (χ0v) is 17.1. The number of piperazine rings is 1. The van der Waals surface area contributed by atoms with Gasteiger partial charge in [0.25, 0.3) is 0 Å². The number of hydrogen-bond donors (Lipinski definition) is 0. The number of methoxy groups -OCH3 is 1. The SMILES string of the molecule is CCOc1cc(/C=C/C(=O)N2CCN(C(=O)C(C)C)CC2)cc(Cl)c1OC. The molecule has 1 aromatic rings. The van der Waals surface area contributed by atoms with E-state index in [2.05, 4.69) is 0 Å². The molecular formula is C20H27ClN2O4. The molecule has 0 saturated carbocycles. The second kappa shape index (κ2) is 9.65. The maximum absolute atomic E-state index is 12.4. The monoisotopic (exact) mass is 394 g/mol. The molecule has 7 heteroatoms. The number of amides is 2. The summed E-state index contributed by atoms with van der Waals surface area (Å²) in [4.78, 5) is 28.0. The highest BCUT2D eigenvalue weighted by Crippen LogP contribution is 2.36. The molecule has 0 N–H and O–H groups in total. The summed E-state index contributed by atoms with van der Waals surface area (Å²) in [6.45, 7) is 8.35. The Morgan fingerprint density at radius 1 is 1.19 bits per heavy atom. The highest BCUT2D eigenvalue weighted by atomic mass is 35.5. The number of carbonyl (C=O) groups is 2. The van der Waals surface area contributed by atoms with E-state index in [1.165, 1.54) is 13.2 Å². The molecule has 0 spiro atoms. The van der Waals surface area contributed by atoms with Crippen LogP contribution in [0.4, 0.5) is 0 Å². The zero-order valence-electron chi connectivity index (χ0n) is 16.3. The van der Waals surface area contributed by atoms with Crippen LogP contribution in [0.5, 0.6) is 11.5 Å². The van der Waals surface area contributed by atoms with Gasteiger partial charge in [-0.05, 0) is 30.7 Å². The molecule has 1 aliphatic rings. The highest BCUT2D eigenvalue weighted by Gasteiger charge is 2.24. The molecule has 0 radical (unpaired) electrons. The molecule has 1 aromatic carbocycles. The number of carbonyl (C=O) groups excluding carboxylic acids is 2. The van der Waals surface area contributed by atoms with Crippen LogP contribution in [0.15, 0.2) is 18.2 Å². The standard InChI is InChI=1S/C20H27ClN2O4/c1-5-27-17-13-15(12-16(21)19(17)26-4)6-7-18(24)22-8-10-23(11-9-22)20(25)14(2)3/h6-7,12-14H,5,8-11H2,1-4H3/b7-6+. The smallest absolute Gasteiger partial charge is 0.246 e. The van der Waals surface area contributed by atoms with Gasteiger partial charge in [0, 0.05) is 38.2 Å². The van der Waals surface area contributed by atoms with Crippen LogP contribution in [0.1, 0.15) is 26.3 Å². The lowest BCUT2D eigenvalue weighted by Gasteiger charge is -2.35. The van der Waals surface area contributed by atoms with E-state index in [9.17, 15) is 9.59 Å². The zero-order chi connectivity index (χ0) is 20.0. The Morgan fingerprint density at radius 3 is 2.37 bits per heavy atom. The molecule has 6 nitrogen and oxygen atoms in total. The summed E-state index contributed by atoms with van der Waals surface area (Å²) in [5, 5.41) is 0.427. The second-order valence-electron chi connectivity index (χ2n) is 6.61. The number of hydrogen-bond acceptors (Lipinski definition) is 4. The molecule has 0 bridgehead atoms. The van der Waals surface area contributed by atoms with E-state index in [0.717, 1.165) is 5.56 Å². The molecule has 27 heavy (non-hydrogen) atoms. The Hall–Kier alpha value is -2.21. The first kappa shape index (κ1) is 21.1. The summed E-state index contributed by atoms with van der Waals surface area (Å²) in [6.07, 6.45) is 3.23. The summed E-state index contributed by atoms with van der Waals surface area (Å²) < 4.78 is 10.8. The number of nitrogens with zero attached hydrogens (tertiary/aromatic N) is 2. The van der Waals surface area contributed by atoms with Crippen molar-refractivity contribution in [3.05, 3.63) is 28.8 Å². The number of rotatable bonds is 6. The van der Waals surface area contributed by atoms with Gasteiger partial charge in [-0.2, -0.15) is 0 Å². The third-order valence-corrected chi connectivity index (χ3v) is 4.63. The molecule has 148 valence electrons. The molecule has 1 fully saturated rings. The summed E-state index contributed by atoms with van der Waals surface area (Å²) in [5.74, 6) is 1.05. The van der Waals surface area contributed by atoms with Gasteiger partial charge in [0.2, 0.25) is 11.8 Å². The first-order chi connectivity index (χ1) is 12.9. The minimum atomic E-state index is -0.0865. The predicted molar refractivity (Wildman–Crippen MR) is 106 cm³/mol. The van der Waals surface area contributed by atoms with E-state index in [-0.39, 0.29) is 17.7 Å². The van der Waals surface area contributed by atoms with Gasteiger partial charge in [0.05, 0.1) is 18.7 Å². The van der Waals surface area contributed by atoms with Gasteiger partial charge in [-0.3, -0.25) is 9.59 Å². The first-order valence-corrected chi connectivity index (χ1v) is 9.51. The average Bonchev–Trinajstić information content (AvgIpc) is 2.65. The van der Waals surface area contributed by atoms with Crippen molar-refractivity contribution in [1.29, 1.82) is 0 Å². The topological polar surface area (TPSA) is 59.1 Å². The summed E-state index contributed by atoms with van der Waals surface area (Å²) in [6, 6.07) is 3.52. The fourth-order valence-electron chi connectivity index (χ4n) is 2.93. The van der Waals surface area contributed by atoms with Crippen LogP contribution in [0.3, 0.4) is 0 Å². The van der Waals surface area contributed by atoms with Crippen molar-refractivity contribution < 1.29 is 19.1 Å². The van der Waals surface area contributed by atoms with Crippen molar-refractivity contribution >= 4 is 29.5 Å². The molecular weight excluding hydrogens is 368 g/mol. The van der Waals surface area contributed by atoms with Crippen LogP contribution in [0.2, 0.25) is 5.02 Å². The molecule has 0 aromatic heterocycles. The molecule has 0 aliphatic carbocycles. The minimum Gasteiger partial charge on any atom is -0.491 e. The molecule has 0 unspecified atom stereocenters. The Bertz CT molecular complexity index is 710. The Morgan fingerprint density at radius 2 is 1.81 bits per heavy atom. The maximum atomic E-state index is 12.4. The minimum absolute atomic E-state index is 0.0218. The van der Waals surface area contributed by atoms with Gasteiger partial charge < -0.3 is 19.3 Å². The third kappa shape index (κ3) is 5.39. The number of benzene rings is 1. The van der Waals surface area contributed by atoms with Crippen molar-refractivity contribution in [3.8, 4) is 11.5 Å². The van der Waals surface area contributed by atoms with Crippen molar-refractivity contribution in [3.63, 3.8) is 0 Å². The molecule has 1 aliphatic heterocycles. The lowest BCUT2D eigenvalue weighted by Crippen LogP contribution is -2.51. The third-order valence-electron chi connectivity index (χ3n) is 4.35. The van der Waals surface area contributed by atoms with Crippen LogP contribution < -0.4 is 9.47 Å². The van der Waals surface area contributed by atoms with Gasteiger partial charge in [0.1, 0.15) is 0 Å². The average molecular weight is 395 g/mol. The van der Waals surface area contributed by atoms with Gasteiger partial charge >= 0.3 is 0 Å². The van der Waals surface area contributed by atoms with Crippen LogP contribution in [-0.4, -0.2) is 61.5 Å². The van der Waals surface area contributed by atoms with Gasteiger partial charge in [-0.15, -0.1) is 0 Å². The quantitative estimate of drug-likeness (QED) is 0.696. The molecule has 2 rings (SSSR count). The van der Waals surface area contributed by atoms with E-state index in [0.29, 0.717) is 49.3 Å². The van der Waals surface area contributed by atoms with Crippen molar-refractivity contribution in [1.82, 2.24) is 9.80 Å². The maximum Gasteiger partial charge on any atom is 0.246 e. The lowest BCUT2D eigenvalue weighted by molar-refractivity contribution is -0.139. The first-order valence-electron chi connectivity index (χ1n) is 9.13. The Labute approximate surface area is 165 Å². The molecule has 0 atom stereocenters. The van der Waals surface area contributed by atoms with Crippen molar-refractivity contribution in [2.45, 2.75) is 20.8 Å². The van der Waals surface area contributed by atoms with Gasteiger partial charge in [0.15, 0.2) is 11.5 Å². The van der Waals surface area contributed by atoms with Crippen LogP contribution in [-0.2, 0) is 9.59 Å². The predicted octanol–water partition coefficient (Wildman–Crippen LogP) is 3.09. The van der Waals surface area contributed by atoms with Crippen molar-refractivity contribution in [2.75, 3.05) is 39.9 Å². The van der Waals surface area contributed by atoms with E-state index < -0.39 is 0 Å². The lowest BCUT2D eigenvalue weighted by atomic mass is 10.1. The molecule has 1 heterocycles. The Kier molecular flexibility index (Phi) is 7.54. The van der Waals surface area contributed by atoms with E-state index in [1.54, 1.807) is 23.1 Å². The van der Waals surface area contributed by atoms with Crippen LogP contribution >= 0.6 is 11.6 Å². The summed E-state index contributed by atoms with van der Waals surface area (Å²) in [7, 11) is 1.53. The fourth-order valence-corrected chi connectivity index (χ4v) is 3.23. The molecule has 1 saturated heterocycles. The van der Waals surface area contributed by atoms with Crippen molar-refractivity contribution in [2.24, 2.45) is 5.92 Å². The normalized spacial score (nSPS) is 14.7. The summed E-state index contributed by atoms with van der Waals surface area (Å²) in [5.41, 5.74) is 0.756. The van der Waals surface area contributed by atoms with Gasteiger partial charge in [-0.25, -0.2) is 0 Å². The second-order valence-corrected chi connectivity index (χ2v) is 7.01. The van der Waals surface area contributed by atoms with Crippen LogP contribution in [0, 0.1) is 5.92 Å². The fraction of sp³-hybridized carbons (Fsp3) is 0.500. The highest BCUT2D eigenvalue weighted by molar-refractivity contribution is 6.32. The van der Waals surface area contributed by atoms with E-state index in [1.807, 2.05) is 25.7 Å². The number of ether oxygens (including phenoxy) is 2. The number of halogens is 1.